The van der Waals surface area contributed by atoms with Gasteiger partial charge in [0, 0.05) is 29.6 Å². The fraction of sp³-hybridized carbons (Fsp3) is 0.316. The number of pyridine rings is 1. The van der Waals surface area contributed by atoms with Gasteiger partial charge in [-0.25, -0.2) is 9.97 Å². The zero-order valence-corrected chi connectivity index (χ0v) is 14.9. The first-order valence-electron chi connectivity index (χ1n) is 8.70. The van der Waals surface area contributed by atoms with Crippen molar-refractivity contribution in [2.75, 3.05) is 23.7 Å². The van der Waals surface area contributed by atoms with Gasteiger partial charge < -0.3 is 10.6 Å². The predicted octanol–water partition coefficient (Wildman–Crippen LogP) is 4.14. The van der Waals surface area contributed by atoms with Gasteiger partial charge in [-0.1, -0.05) is 42.8 Å². The molecule has 1 aromatic carbocycles. The number of hydrogen-bond acceptors (Lipinski definition) is 6. The lowest BCUT2D eigenvalue weighted by molar-refractivity contribution is 0.726. The molecule has 0 spiro atoms. The van der Waals surface area contributed by atoms with Crippen LogP contribution in [-0.4, -0.2) is 28.0 Å². The van der Waals surface area contributed by atoms with E-state index in [2.05, 4.69) is 38.1 Å². The van der Waals surface area contributed by atoms with Crippen molar-refractivity contribution in [1.82, 2.24) is 15.0 Å². The highest BCUT2D eigenvalue weighted by atomic mass is 32.2. The van der Waals surface area contributed by atoms with Crippen LogP contribution in [0.4, 0.5) is 11.5 Å². The van der Waals surface area contributed by atoms with Crippen LogP contribution in [0.1, 0.15) is 25.7 Å². The number of nitrogens with two attached hydrogens (primary N) is 1. The van der Waals surface area contributed by atoms with E-state index >= 15 is 0 Å². The van der Waals surface area contributed by atoms with Gasteiger partial charge in [0.05, 0.1) is 5.52 Å². The van der Waals surface area contributed by atoms with Gasteiger partial charge in [0.15, 0.2) is 5.82 Å². The monoisotopic (exact) mass is 351 g/mol. The number of benzene rings is 1. The Morgan fingerprint density at radius 2 is 1.72 bits per heavy atom. The van der Waals surface area contributed by atoms with Crippen molar-refractivity contribution < 1.29 is 0 Å². The smallest absolute Gasteiger partial charge is 0.156 e. The van der Waals surface area contributed by atoms with Crippen LogP contribution in [-0.2, 0) is 0 Å². The van der Waals surface area contributed by atoms with Gasteiger partial charge in [0.25, 0.3) is 0 Å². The van der Waals surface area contributed by atoms with Gasteiger partial charge in [-0.2, -0.15) is 0 Å². The zero-order chi connectivity index (χ0) is 17.1. The summed E-state index contributed by atoms with van der Waals surface area (Å²) in [5.41, 5.74) is 8.09. The number of anilines is 2. The van der Waals surface area contributed by atoms with Crippen LogP contribution in [0.15, 0.2) is 52.8 Å². The van der Waals surface area contributed by atoms with Crippen LogP contribution in [0, 0.1) is 0 Å². The van der Waals surface area contributed by atoms with E-state index in [4.69, 9.17) is 5.73 Å². The number of hydrogen-bond donors (Lipinski definition) is 1. The van der Waals surface area contributed by atoms with Crippen molar-refractivity contribution in [3.8, 4) is 0 Å². The summed E-state index contributed by atoms with van der Waals surface area (Å²) in [6, 6.07) is 10.2. The first-order chi connectivity index (χ1) is 12.3. The number of para-hydroxylation sites is 1. The highest BCUT2D eigenvalue weighted by Gasteiger charge is 2.18. The number of fused-ring (bicyclic) bond motifs is 1. The van der Waals surface area contributed by atoms with Crippen molar-refractivity contribution in [1.29, 1.82) is 0 Å². The first-order valence-corrected chi connectivity index (χ1v) is 9.51. The molecule has 1 aliphatic rings. The highest BCUT2D eigenvalue weighted by Crippen LogP contribution is 2.37. The van der Waals surface area contributed by atoms with Crippen LogP contribution >= 0.6 is 11.8 Å². The predicted molar refractivity (Wildman–Crippen MR) is 103 cm³/mol. The number of aromatic nitrogens is 3. The van der Waals surface area contributed by atoms with E-state index in [-0.39, 0.29) is 0 Å². The molecule has 1 saturated heterocycles. The molecule has 128 valence electrons. The Balaban J connectivity index is 1.67. The normalized spacial score (nSPS) is 15.3. The summed E-state index contributed by atoms with van der Waals surface area (Å²) in [6.07, 6.45) is 8.39. The molecule has 4 rings (SSSR count). The second kappa shape index (κ2) is 7.27. The fourth-order valence-electron chi connectivity index (χ4n) is 3.25. The number of nitrogen functional groups attached to an aromatic ring is 1. The Kier molecular flexibility index (Phi) is 4.70. The molecule has 6 heteroatoms. The Morgan fingerprint density at radius 3 is 2.56 bits per heavy atom. The standard InChI is InChI=1S/C19H21N5S/c20-16-18(24-11-3-1-2-4-12-24)22-13-23-19(16)25-15-9-5-7-14-8-6-10-21-17(14)15/h5-10,13H,1-4,11-12,20H2. The summed E-state index contributed by atoms with van der Waals surface area (Å²) in [5.74, 6) is 0.868. The molecule has 5 nitrogen and oxygen atoms in total. The van der Waals surface area contributed by atoms with Gasteiger partial charge in [-0.05, 0) is 25.0 Å². The van der Waals surface area contributed by atoms with Gasteiger partial charge in [-0.3, -0.25) is 4.98 Å². The third kappa shape index (κ3) is 3.39. The lowest BCUT2D eigenvalue weighted by Crippen LogP contribution is -2.26. The molecule has 0 radical (unpaired) electrons. The maximum atomic E-state index is 6.45. The van der Waals surface area contributed by atoms with E-state index < -0.39 is 0 Å². The van der Waals surface area contributed by atoms with Crippen molar-refractivity contribution in [2.45, 2.75) is 35.6 Å². The summed E-state index contributed by atoms with van der Waals surface area (Å²) in [5, 5.41) is 1.92. The molecule has 0 atom stereocenters. The van der Waals surface area contributed by atoms with Crippen molar-refractivity contribution in [2.24, 2.45) is 0 Å². The second-order valence-corrected chi connectivity index (χ2v) is 7.28. The molecule has 1 fully saturated rings. The third-order valence-electron chi connectivity index (χ3n) is 4.53. The quantitative estimate of drug-likeness (QED) is 0.715. The van der Waals surface area contributed by atoms with E-state index in [1.807, 2.05) is 18.3 Å². The van der Waals surface area contributed by atoms with E-state index in [0.29, 0.717) is 5.69 Å². The van der Waals surface area contributed by atoms with Crippen molar-refractivity contribution in [3.63, 3.8) is 0 Å². The molecule has 0 saturated carbocycles. The van der Waals surface area contributed by atoms with Gasteiger partial charge in [-0.15, -0.1) is 0 Å². The summed E-state index contributed by atoms with van der Waals surface area (Å²) in [7, 11) is 0. The van der Waals surface area contributed by atoms with Crippen LogP contribution in [0.2, 0.25) is 0 Å². The molecule has 0 amide bonds. The molecule has 0 bridgehead atoms. The SMILES string of the molecule is Nc1c(Sc2cccc3cccnc23)ncnc1N1CCCCCC1. The molecular weight excluding hydrogens is 330 g/mol. The van der Waals surface area contributed by atoms with Crippen LogP contribution < -0.4 is 10.6 Å². The average Bonchev–Trinajstić information content (AvgIpc) is 2.93. The van der Waals surface area contributed by atoms with E-state index in [1.54, 1.807) is 18.1 Å². The van der Waals surface area contributed by atoms with Gasteiger partial charge in [0.2, 0.25) is 0 Å². The van der Waals surface area contributed by atoms with Crippen LogP contribution in [0.3, 0.4) is 0 Å². The Labute approximate surface area is 151 Å². The molecular formula is C19H21N5S. The van der Waals surface area contributed by atoms with Crippen molar-refractivity contribution in [3.05, 3.63) is 42.9 Å². The lowest BCUT2D eigenvalue weighted by atomic mass is 10.2. The largest absolute Gasteiger partial charge is 0.394 e. The Hall–Kier alpha value is -2.34. The highest BCUT2D eigenvalue weighted by molar-refractivity contribution is 7.99. The molecule has 2 N–H and O–H groups in total. The van der Waals surface area contributed by atoms with Crippen LogP contribution in [0.25, 0.3) is 10.9 Å². The van der Waals surface area contributed by atoms with Gasteiger partial charge in [0.1, 0.15) is 17.0 Å². The summed E-state index contributed by atoms with van der Waals surface area (Å²) >= 11 is 1.56. The summed E-state index contributed by atoms with van der Waals surface area (Å²) in [4.78, 5) is 16.8. The number of rotatable bonds is 3. The minimum absolute atomic E-state index is 0.669. The topological polar surface area (TPSA) is 67.9 Å². The van der Waals surface area contributed by atoms with Gasteiger partial charge >= 0.3 is 0 Å². The zero-order valence-electron chi connectivity index (χ0n) is 14.1. The second-order valence-electron chi connectivity index (χ2n) is 6.25. The minimum atomic E-state index is 0.669. The fourth-order valence-corrected chi connectivity index (χ4v) is 4.17. The Bertz CT molecular complexity index is 869. The first kappa shape index (κ1) is 16.1. The molecule has 3 heterocycles. The minimum Gasteiger partial charge on any atom is -0.394 e. The third-order valence-corrected chi connectivity index (χ3v) is 5.60. The van der Waals surface area contributed by atoms with E-state index in [9.17, 15) is 0 Å². The molecule has 2 aromatic heterocycles. The molecule has 0 aliphatic carbocycles. The van der Waals surface area contributed by atoms with Crippen LogP contribution in [0.5, 0.6) is 0 Å². The van der Waals surface area contributed by atoms with E-state index in [1.165, 1.54) is 25.7 Å². The van der Waals surface area contributed by atoms with E-state index in [0.717, 1.165) is 39.7 Å². The number of nitrogens with zero attached hydrogens (tertiary/aromatic N) is 4. The lowest BCUT2D eigenvalue weighted by Gasteiger charge is -2.23. The molecule has 25 heavy (non-hydrogen) atoms. The molecule has 0 unspecified atom stereocenters. The van der Waals surface area contributed by atoms with Crippen molar-refractivity contribution >= 4 is 34.2 Å². The molecule has 1 aliphatic heterocycles. The Morgan fingerprint density at radius 1 is 0.920 bits per heavy atom. The maximum Gasteiger partial charge on any atom is 0.156 e. The summed E-state index contributed by atoms with van der Waals surface area (Å²) < 4.78 is 0. The summed E-state index contributed by atoms with van der Waals surface area (Å²) in [6.45, 7) is 2.03. The maximum absolute atomic E-state index is 6.45. The molecule has 3 aromatic rings. The average molecular weight is 351 g/mol.